The summed E-state index contributed by atoms with van der Waals surface area (Å²) in [4.78, 5) is 0. The van der Waals surface area contributed by atoms with Crippen molar-refractivity contribution < 1.29 is 0 Å². The zero-order valence-corrected chi connectivity index (χ0v) is 24.8. The molecule has 0 rings (SSSR count). The monoisotopic (exact) mass is 479 g/mol. The summed E-state index contributed by atoms with van der Waals surface area (Å²) in [6.07, 6.45) is 44.2. The van der Waals surface area contributed by atoms with Crippen LogP contribution in [0.1, 0.15) is 213 Å². The first kappa shape index (κ1) is 34.0. The molecule has 1 atom stereocenters. The molecule has 0 radical (unpaired) electrons. The van der Waals surface area contributed by atoms with Gasteiger partial charge in [0.15, 0.2) is 0 Å². The third kappa shape index (κ3) is 30.0. The summed E-state index contributed by atoms with van der Waals surface area (Å²) < 4.78 is 0. The molecule has 0 nitrogen and oxygen atoms in total. The van der Waals surface area contributed by atoms with Crippen LogP contribution in [0.25, 0.3) is 0 Å². The van der Waals surface area contributed by atoms with Gasteiger partial charge in [-0.15, -0.1) is 0 Å². The maximum atomic E-state index is 2.50. The Morgan fingerprint density at radius 2 is 0.441 bits per heavy atom. The van der Waals surface area contributed by atoms with E-state index in [-0.39, 0.29) is 0 Å². The van der Waals surface area contributed by atoms with E-state index in [2.05, 4.69) is 20.8 Å². The molecule has 0 aromatic rings. The molecular formula is C34H70. The minimum absolute atomic E-state index is 0.968. The number of hydrogen-bond donors (Lipinski definition) is 0. The minimum Gasteiger partial charge on any atom is -0.0654 e. The highest BCUT2D eigenvalue weighted by Crippen LogP contribution is 2.19. The van der Waals surface area contributed by atoms with Crippen molar-refractivity contribution >= 4 is 0 Å². The van der Waals surface area contributed by atoms with Crippen LogP contribution in [0.5, 0.6) is 0 Å². The Morgan fingerprint density at radius 3 is 0.647 bits per heavy atom. The minimum atomic E-state index is 0.968. The molecule has 0 fully saturated rings. The van der Waals surface area contributed by atoms with E-state index in [0.29, 0.717) is 0 Å². The molecule has 0 aliphatic carbocycles. The third-order valence-corrected chi connectivity index (χ3v) is 8.10. The zero-order chi connectivity index (χ0) is 24.8. The fraction of sp³-hybridized carbons (Fsp3) is 1.00. The lowest BCUT2D eigenvalue weighted by Gasteiger charge is -2.11. The molecule has 0 heteroatoms. The molecule has 1 unspecified atom stereocenters. The van der Waals surface area contributed by atoms with Crippen molar-refractivity contribution in [3.05, 3.63) is 0 Å². The van der Waals surface area contributed by atoms with Gasteiger partial charge in [0.25, 0.3) is 0 Å². The van der Waals surface area contributed by atoms with Crippen LogP contribution in [-0.2, 0) is 0 Å². The van der Waals surface area contributed by atoms with E-state index in [1.165, 1.54) is 193 Å². The Hall–Kier alpha value is 0. The predicted molar refractivity (Wildman–Crippen MR) is 159 cm³/mol. The molecular weight excluding hydrogens is 408 g/mol. The van der Waals surface area contributed by atoms with Crippen LogP contribution < -0.4 is 0 Å². The quantitative estimate of drug-likeness (QED) is 0.0900. The van der Waals surface area contributed by atoms with Crippen molar-refractivity contribution in [2.75, 3.05) is 0 Å². The molecule has 0 saturated heterocycles. The van der Waals surface area contributed by atoms with Crippen molar-refractivity contribution in [1.29, 1.82) is 0 Å². The van der Waals surface area contributed by atoms with Crippen molar-refractivity contribution in [3.8, 4) is 0 Å². The van der Waals surface area contributed by atoms with Crippen LogP contribution >= 0.6 is 0 Å². The molecule has 0 aliphatic rings. The van der Waals surface area contributed by atoms with Crippen molar-refractivity contribution in [2.24, 2.45) is 5.92 Å². The molecule has 0 heterocycles. The average molecular weight is 479 g/mol. The molecule has 0 spiro atoms. The summed E-state index contributed by atoms with van der Waals surface area (Å²) in [5.74, 6) is 0.968. The predicted octanol–water partition coefficient (Wildman–Crippen LogP) is 13.4. The lowest BCUT2D eigenvalue weighted by Crippen LogP contribution is -1.95. The van der Waals surface area contributed by atoms with Gasteiger partial charge in [-0.1, -0.05) is 213 Å². The van der Waals surface area contributed by atoms with Gasteiger partial charge in [0.2, 0.25) is 0 Å². The van der Waals surface area contributed by atoms with Gasteiger partial charge in [-0.2, -0.15) is 0 Å². The molecule has 0 bridgehead atoms. The van der Waals surface area contributed by atoms with E-state index in [4.69, 9.17) is 0 Å². The Balaban J connectivity index is 3.12. The van der Waals surface area contributed by atoms with Crippen molar-refractivity contribution in [2.45, 2.75) is 213 Å². The number of hydrogen-bond acceptors (Lipinski definition) is 0. The Bertz CT molecular complexity index is 333. The lowest BCUT2D eigenvalue weighted by atomic mass is 9.95. The van der Waals surface area contributed by atoms with Gasteiger partial charge >= 0.3 is 0 Å². The first-order valence-corrected chi connectivity index (χ1v) is 16.8. The van der Waals surface area contributed by atoms with Gasteiger partial charge in [0.1, 0.15) is 0 Å². The van der Waals surface area contributed by atoms with Gasteiger partial charge < -0.3 is 0 Å². The highest BCUT2D eigenvalue weighted by atomic mass is 14.1. The molecule has 206 valence electrons. The van der Waals surface area contributed by atoms with Crippen molar-refractivity contribution in [1.82, 2.24) is 0 Å². The van der Waals surface area contributed by atoms with Crippen molar-refractivity contribution in [3.63, 3.8) is 0 Å². The van der Waals surface area contributed by atoms with Crippen LogP contribution in [0.3, 0.4) is 0 Å². The molecule has 0 aliphatic heterocycles. The fourth-order valence-electron chi connectivity index (χ4n) is 5.52. The molecule has 0 N–H and O–H groups in total. The summed E-state index contributed by atoms with van der Waals surface area (Å²) >= 11 is 0. The van der Waals surface area contributed by atoms with Crippen LogP contribution in [0.2, 0.25) is 0 Å². The molecule has 34 heavy (non-hydrogen) atoms. The Kier molecular flexibility index (Phi) is 31.0. The molecule has 0 amide bonds. The van der Waals surface area contributed by atoms with Crippen LogP contribution in [0.4, 0.5) is 0 Å². The summed E-state index contributed by atoms with van der Waals surface area (Å²) in [7, 11) is 0. The maximum Gasteiger partial charge on any atom is -0.0443 e. The standard InChI is InChI=1S/C34H70/c1-4-6-8-10-12-14-16-17-18-19-20-21-22-23-25-27-29-31-33-34(3)32-30-28-26-24-15-13-11-9-7-5-2/h34H,4-33H2,1-3H3. The SMILES string of the molecule is CCCCCCCCCCCCCCCCCCCCC(C)CCCCCCCCCCCC. The molecule has 0 aromatic heterocycles. The Labute approximate surface area is 219 Å². The van der Waals surface area contributed by atoms with Gasteiger partial charge in [-0.05, 0) is 5.92 Å². The Morgan fingerprint density at radius 1 is 0.265 bits per heavy atom. The highest BCUT2D eigenvalue weighted by Gasteiger charge is 2.02. The van der Waals surface area contributed by atoms with Gasteiger partial charge in [-0.3, -0.25) is 0 Å². The second kappa shape index (κ2) is 31.0. The lowest BCUT2D eigenvalue weighted by molar-refractivity contribution is 0.429. The van der Waals surface area contributed by atoms with E-state index >= 15 is 0 Å². The maximum absolute atomic E-state index is 2.50. The smallest absolute Gasteiger partial charge is 0.0443 e. The highest BCUT2D eigenvalue weighted by molar-refractivity contribution is 4.56. The van der Waals surface area contributed by atoms with Crippen LogP contribution in [-0.4, -0.2) is 0 Å². The van der Waals surface area contributed by atoms with Crippen LogP contribution in [0.15, 0.2) is 0 Å². The van der Waals surface area contributed by atoms with E-state index in [9.17, 15) is 0 Å². The first-order valence-electron chi connectivity index (χ1n) is 16.8. The average Bonchev–Trinajstić information content (AvgIpc) is 2.84. The summed E-state index contributed by atoms with van der Waals surface area (Å²) in [6, 6.07) is 0. The molecule has 0 aromatic carbocycles. The number of rotatable bonds is 30. The van der Waals surface area contributed by atoms with Crippen LogP contribution in [0, 0.1) is 5.92 Å². The molecule has 0 saturated carbocycles. The second-order valence-electron chi connectivity index (χ2n) is 11.9. The summed E-state index contributed by atoms with van der Waals surface area (Å²) in [5, 5.41) is 0. The summed E-state index contributed by atoms with van der Waals surface area (Å²) in [6.45, 7) is 7.12. The second-order valence-corrected chi connectivity index (χ2v) is 11.9. The first-order chi connectivity index (χ1) is 16.8. The summed E-state index contributed by atoms with van der Waals surface area (Å²) in [5.41, 5.74) is 0. The third-order valence-electron chi connectivity index (χ3n) is 8.10. The zero-order valence-electron chi connectivity index (χ0n) is 24.8. The van der Waals surface area contributed by atoms with E-state index in [1.807, 2.05) is 0 Å². The van der Waals surface area contributed by atoms with E-state index in [1.54, 1.807) is 0 Å². The van der Waals surface area contributed by atoms with E-state index in [0.717, 1.165) is 5.92 Å². The van der Waals surface area contributed by atoms with Gasteiger partial charge in [0, 0.05) is 0 Å². The normalized spacial score (nSPS) is 12.4. The van der Waals surface area contributed by atoms with Gasteiger partial charge in [-0.25, -0.2) is 0 Å². The number of unbranched alkanes of at least 4 members (excludes halogenated alkanes) is 26. The van der Waals surface area contributed by atoms with Gasteiger partial charge in [0.05, 0.1) is 0 Å². The largest absolute Gasteiger partial charge is 0.0654 e. The van der Waals surface area contributed by atoms with E-state index < -0.39 is 0 Å². The topological polar surface area (TPSA) is 0 Å². The fourth-order valence-corrected chi connectivity index (χ4v) is 5.52.